The van der Waals surface area contributed by atoms with Gasteiger partial charge in [-0.3, -0.25) is 0 Å². The van der Waals surface area contributed by atoms with Crippen LogP contribution in [0.15, 0.2) is 24.3 Å². The first-order valence-electron chi connectivity index (χ1n) is 5.04. The van der Waals surface area contributed by atoms with Crippen LogP contribution in [-0.2, 0) is 9.53 Å². The van der Waals surface area contributed by atoms with Crippen molar-refractivity contribution >= 4 is 12.4 Å². The maximum absolute atomic E-state index is 12.8. The molecule has 1 amide bonds. The molecule has 0 spiro atoms. The molecular formula is C12H14FNO3. The molecule has 0 fully saturated rings. The summed E-state index contributed by atoms with van der Waals surface area (Å²) in [6, 6.07) is 5.36. The lowest BCUT2D eigenvalue weighted by Gasteiger charge is -2.28. The standard InChI is InChI=1S/C12H14FNO3/c1-12(2,7-15)10(17-11(14)16)8-3-5-9(13)6-4-8/h3-7,10H,1-2H3,(H2,14,16). The van der Waals surface area contributed by atoms with E-state index in [0.29, 0.717) is 11.8 Å². The molecule has 17 heavy (non-hydrogen) atoms. The molecule has 0 bridgehead atoms. The average Bonchev–Trinajstić information content (AvgIpc) is 2.27. The van der Waals surface area contributed by atoms with E-state index in [9.17, 15) is 14.0 Å². The van der Waals surface area contributed by atoms with Gasteiger partial charge in [-0.25, -0.2) is 9.18 Å². The van der Waals surface area contributed by atoms with E-state index in [1.807, 2.05) is 0 Å². The molecule has 0 aliphatic rings. The van der Waals surface area contributed by atoms with Crippen molar-refractivity contribution in [1.29, 1.82) is 0 Å². The van der Waals surface area contributed by atoms with Crippen LogP contribution in [0.4, 0.5) is 9.18 Å². The second-order valence-corrected chi connectivity index (χ2v) is 4.31. The van der Waals surface area contributed by atoms with Crippen molar-refractivity contribution in [2.24, 2.45) is 11.1 Å². The Morgan fingerprint density at radius 2 is 1.94 bits per heavy atom. The summed E-state index contributed by atoms with van der Waals surface area (Å²) < 4.78 is 17.7. The zero-order valence-electron chi connectivity index (χ0n) is 9.64. The Balaban J connectivity index is 3.10. The van der Waals surface area contributed by atoms with Crippen LogP contribution >= 0.6 is 0 Å². The van der Waals surface area contributed by atoms with Crippen molar-refractivity contribution in [3.63, 3.8) is 0 Å². The second kappa shape index (κ2) is 4.95. The lowest BCUT2D eigenvalue weighted by atomic mass is 9.84. The largest absolute Gasteiger partial charge is 0.440 e. The van der Waals surface area contributed by atoms with Crippen LogP contribution < -0.4 is 5.73 Å². The van der Waals surface area contributed by atoms with E-state index in [-0.39, 0.29) is 0 Å². The minimum atomic E-state index is -0.978. The van der Waals surface area contributed by atoms with Crippen molar-refractivity contribution in [1.82, 2.24) is 0 Å². The maximum Gasteiger partial charge on any atom is 0.405 e. The number of amides is 1. The molecule has 1 aromatic carbocycles. The molecule has 2 N–H and O–H groups in total. The summed E-state index contributed by atoms with van der Waals surface area (Å²) in [5.41, 5.74) is 4.54. The Labute approximate surface area is 98.6 Å². The van der Waals surface area contributed by atoms with E-state index >= 15 is 0 Å². The third-order valence-corrected chi connectivity index (χ3v) is 2.39. The van der Waals surface area contributed by atoms with Crippen LogP contribution in [0.1, 0.15) is 25.5 Å². The van der Waals surface area contributed by atoms with Gasteiger partial charge in [-0.2, -0.15) is 0 Å². The Kier molecular flexibility index (Phi) is 3.83. The Hall–Kier alpha value is -1.91. The number of carbonyl (C=O) groups is 2. The van der Waals surface area contributed by atoms with Gasteiger partial charge in [-0.15, -0.1) is 0 Å². The van der Waals surface area contributed by atoms with Gasteiger partial charge >= 0.3 is 6.09 Å². The van der Waals surface area contributed by atoms with E-state index < -0.39 is 23.4 Å². The van der Waals surface area contributed by atoms with Crippen LogP contribution in [0.5, 0.6) is 0 Å². The van der Waals surface area contributed by atoms with Gasteiger partial charge in [-0.1, -0.05) is 12.1 Å². The number of hydrogen-bond acceptors (Lipinski definition) is 3. The molecule has 0 aromatic heterocycles. The van der Waals surface area contributed by atoms with Gasteiger partial charge in [0.1, 0.15) is 18.2 Å². The van der Waals surface area contributed by atoms with E-state index in [4.69, 9.17) is 10.5 Å². The van der Waals surface area contributed by atoms with Crippen molar-refractivity contribution in [2.75, 3.05) is 0 Å². The smallest absolute Gasteiger partial charge is 0.405 e. The molecule has 0 heterocycles. The fourth-order valence-electron chi connectivity index (χ4n) is 1.46. The Bertz CT molecular complexity index is 414. The fraction of sp³-hybridized carbons (Fsp3) is 0.333. The minimum absolute atomic E-state index is 0.407. The molecule has 0 saturated carbocycles. The first-order valence-corrected chi connectivity index (χ1v) is 5.04. The van der Waals surface area contributed by atoms with Crippen LogP contribution in [0, 0.1) is 11.2 Å². The number of nitrogens with two attached hydrogens (primary N) is 1. The molecule has 1 rings (SSSR count). The third-order valence-electron chi connectivity index (χ3n) is 2.39. The van der Waals surface area contributed by atoms with Gasteiger partial charge in [0.25, 0.3) is 0 Å². The molecule has 0 aliphatic carbocycles. The summed E-state index contributed by atoms with van der Waals surface area (Å²) in [6.45, 7) is 3.22. The van der Waals surface area contributed by atoms with Crippen molar-refractivity contribution in [3.8, 4) is 0 Å². The average molecular weight is 239 g/mol. The van der Waals surface area contributed by atoms with Crippen molar-refractivity contribution < 1.29 is 18.7 Å². The number of halogens is 1. The number of carbonyl (C=O) groups excluding carboxylic acids is 2. The van der Waals surface area contributed by atoms with Crippen molar-refractivity contribution in [3.05, 3.63) is 35.6 Å². The summed E-state index contributed by atoms with van der Waals surface area (Å²) in [5.74, 6) is -0.407. The molecule has 0 saturated heterocycles. The molecule has 0 radical (unpaired) electrons. The molecule has 1 unspecified atom stereocenters. The Morgan fingerprint density at radius 3 is 2.35 bits per heavy atom. The number of primary amides is 1. The second-order valence-electron chi connectivity index (χ2n) is 4.31. The van der Waals surface area contributed by atoms with Gasteiger partial charge in [0, 0.05) is 0 Å². The van der Waals surface area contributed by atoms with E-state index in [2.05, 4.69) is 0 Å². The zero-order chi connectivity index (χ0) is 13.1. The number of rotatable bonds is 4. The number of aldehydes is 1. The van der Waals surface area contributed by atoms with Crippen LogP contribution in [0.3, 0.4) is 0 Å². The number of hydrogen-bond donors (Lipinski definition) is 1. The minimum Gasteiger partial charge on any atom is -0.440 e. The molecule has 0 aliphatic heterocycles. The SMILES string of the molecule is CC(C)(C=O)C(OC(N)=O)c1ccc(F)cc1. The lowest BCUT2D eigenvalue weighted by molar-refractivity contribution is -0.120. The lowest BCUT2D eigenvalue weighted by Crippen LogP contribution is -2.30. The van der Waals surface area contributed by atoms with Crippen LogP contribution in [0.25, 0.3) is 0 Å². The van der Waals surface area contributed by atoms with E-state index in [1.54, 1.807) is 13.8 Å². The molecule has 1 atom stereocenters. The number of benzene rings is 1. The first kappa shape index (κ1) is 13.2. The molecule has 5 heteroatoms. The summed E-state index contributed by atoms with van der Waals surface area (Å²) in [6.07, 6.45) is -1.14. The molecular weight excluding hydrogens is 225 g/mol. The molecule has 92 valence electrons. The van der Waals surface area contributed by atoms with Gasteiger partial charge in [0.05, 0.1) is 5.41 Å². The van der Waals surface area contributed by atoms with Crippen LogP contribution in [0.2, 0.25) is 0 Å². The summed E-state index contributed by atoms with van der Waals surface area (Å²) in [4.78, 5) is 21.8. The Morgan fingerprint density at radius 1 is 1.41 bits per heavy atom. The van der Waals surface area contributed by atoms with Gasteiger partial charge in [0.2, 0.25) is 0 Å². The maximum atomic E-state index is 12.8. The summed E-state index contributed by atoms with van der Waals surface area (Å²) in [7, 11) is 0. The highest BCUT2D eigenvalue weighted by atomic mass is 19.1. The topological polar surface area (TPSA) is 69.4 Å². The van der Waals surface area contributed by atoms with Crippen molar-refractivity contribution in [2.45, 2.75) is 20.0 Å². The summed E-state index contributed by atoms with van der Waals surface area (Å²) in [5, 5.41) is 0. The predicted molar refractivity (Wildman–Crippen MR) is 59.7 cm³/mol. The first-order chi connectivity index (χ1) is 7.86. The van der Waals surface area contributed by atoms with Gasteiger partial charge in [-0.05, 0) is 31.5 Å². The molecule has 1 aromatic rings. The fourth-order valence-corrected chi connectivity index (χ4v) is 1.46. The van der Waals surface area contributed by atoms with E-state index in [1.165, 1.54) is 24.3 Å². The third kappa shape index (κ3) is 3.27. The summed E-state index contributed by atoms with van der Waals surface area (Å²) >= 11 is 0. The zero-order valence-corrected chi connectivity index (χ0v) is 9.64. The highest BCUT2D eigenvalue weighted by Crippen LogP contribution is 2.34. The predicted octanol–water partition coefficient (Wildman–Crippen LogP) is 2.19. The quantitative estimate of drug-likeness (QED) is 0.819. The van der Waals surface area contributed by atoms with Gasteiger partial charge in [0.15, 0.2) is 0 Å². The normalized spacial score (nSPS) is 12.9. The monoisotopic (exact) mass is 239 g/mol. The highest BCUT2D eigenvalue weighted by Gasteiger charge is 2.33. The van der Waals surface area contributed by atoms with Gasteiger partial charge < -0.3 is 15.3 Å². The van der Waals surface area contributed by atoms with Crippen LogP contribution in [-0.4, -0.2) is 12.4 Å². The molecule has 4 nitrogen and oxygen atoms in total. The highest BCUT2D eigenvalue weighted by molar-refractivity contribution is 5.67. The number of ether oxygens (including phenoxy) is 1. The van der Waals surface area contributed by atoms with E-state index in [0.717, 1.165) is 0 Å².